The molecule has 0 atom stereocenters. The number of rotatable bonds is 5. The first-order chi connectivity index (χ1) is 12.1. The lowest BCUT2D eigenvalue weighted by molar-refractivity contribution is -0.115. The third kappa shape index (κ3) is 4.22. The summed E-state index contributed by atoms with van der Waals surface area (Å²) in [4.78, 5) is 32.3. The SMILES string of the molecule is COC(=O)c1cnc(NC(=O)Cc2csc(-c3ccccc3Cl)n2)s1. The minimum atomic E-state index is -0.484. The van der Waals surface area contributed by atoms with Crippen molar-refractivity contribution < 1.29 is 14.3 Å². The summed E-state index contributed by atoms with van der Waals surface area (Å²) in [6, 6.07) is 7.42. The zero-order chi connectivity index (χ0) is 17.8. The lowest BCUT2D eigenvalue weighted by atomic mass is 10.2. The van der Waals surface area contributed by atoms with Crippen LogP contribution in [0.3, 0.4) is 0 Å². The van der Waals surface area contributed by atoms with Gasteiger partial charge < -0.3 is 10.1 Å². The summed E-state index contributed by atoms with van der Waals surface area (Å²) in [5.74, 6) is -0.747. The fourth-order valence-electron chi connectivity index (χ4n) is 2.00. The number of nitrogens with zero attached hydrogens (tertiary/aromatic N) is 2. The normalized spacial score (nSPS) is 10.5. The number of amides is 1. The van der Waals surface area contributed by atoms with Gasteiger partial charge in [0.25, 0.3) is 0 Å². The summed E-state index contributed by atoms with van der Waals surface area (Å²) in [5, 5.41) is 6.19. The van der Waals surface area contributed by atoms with Crippen LogP contribution in [0.2, 0.25) is 5.02 Å². The van der Waals surface area contributed by atoms with Gasteiger partial charge in [0.15, 0.2) is 5.13 Å². The third-order valence-corrected chi connectivity index (χ3v) is 5.28. The Bertz CT molecular complexity index is 923. The highest BCUT2D eigenvalue weighted by Gasteiger charge is 2.14. The van der Waals surface area contributed by atoms with Gasteiger partial charge in [-0.25, -0.2) is 14.8 Å². The molecule has 0 radical (unpaired) electrons. The molecule has 0 aliphatic heterocycles. The van der Waals surface area contributed by atoms with E-state index in [1.807, 2.05) is 23.6 Å². The number of esters is 1. The first-order valence-electron chi connectivity index (χ1n) is 7.10. The van der Waals surface area contributed by atoms with Gasteiger partial charge in [-0.2, -0.15) is 0 Å². The first-order valence-corrected chi connectivity index (χ1v) is 9.17. The quantitative estimate of drug-likeness (QED) is 0.665. The maximum Gasteiger partial charge on any atom is 0.349 e. The van der Waals surface area contributed by atoms with Crippen LogP contribution in [0.5, 0.6) is 0 Å². The van der Waals surface area contributed by atoms with E-state index in [0.717, 1.165) is 21.9 Å². The molecule has 2 aromatic heterocycles. The maximum atomic E-state index is 12.1. The van der Waals surface area contributed by atoms with Gasteiger partial charge in [0.05, 0.1) is 30.4 Å². The molecular weight excluding hydrogens is 382 g/mol. The Kier molecular flexibility index (Phi) is 5.42. The third-order valence-electron chi connectivity index (χ3n) is 3.14. The van der Waals surface area contributed by atoms with E-state index in [2.05, 4.69) is 20.0 Å². The minimum absolute atomic E-state index is 0.105. The second-order valence-corrected chi connectivity index (χ2v) is 7.17. The van der Waals surface area contributed by atoms with Crippen molar-refractivity contribution in [2.45, 2.75) is 6.42 Å². The van der Waals surface area contributed by atoms with E-state index in [1.54, 1.807) is 6.07 Å². The Morgan fingerprint density at radius 1 is 1.32 bits per heavy atom. The van der Waals surface area contributed by atoms with Crippen molar-refractivity contribution in [3.05, 3.63) is 51.4 Å². The minimum Gasteiger partial charge on any atom is -0.465 e. The topological polar surface area (TPSA) is 81.2 Å². The monoisotopic (exact) mass is 393 g/mol. The van der Waals surface area contributed by atoms with Gasteiger partial charge >= 0.3 is 5.97 Å². The van der Waals surface area contributed by atoms with Crippen molar-refractivity contribution in [3.8, 4) is 10.6 Å². The molecule has 128 valence electrons. The molecule has 0 fully saturated rings. The number of anilines is 1. The fraction of sp³-hybridized carbons (Fsp3) is 0.125. The number of methoxy groups -OCH3 is 1. The standard InChI is InChI=1S/C16H12ClN3O3S2/c1-23-15(22)12-7-18-16(25-12)20-13(21)6-9-8-24-14(19-9)10-4-2-3-5-11(10)17/h2-5,7-8H,6H2,1H3,(H,18,20,21). The van der Waals surface area contributed by atoms with Crippen LogP contribution in [-0.2, 0) is 16.0 Å². The number of carbonyl (C=O) groups excluding carboxylic acids is 2. The molecule has 0 bridgehead atoms. The largest absolute Gasteiger partial charge is 0.465 e. The predicted molar refractivity (Wildman–Crippen MR) is 98.3 cm³/mol. The summed E-state index contributed by atoms with van der Waals surface area (Å²) in [6.07, 6.45) is 1.47. The Balaban J connectivity index is 1.65. The summed E-state index contributed by atoms with van der Waals surface area (Å²) in [6.45, 7) is 0. The van der Waals surface area contributed by atoms with E-state index in [1.165, 1.54) is 24.6 Å². The van der Waals surface area contributed by atoms with E-state index in [0.29, 0.717) is 20.7 Å². The molecule has 0 aliphatic rings. The van der Waals surface area contributed by atoms with Gasteiger partial charge in [-0.05, 0) is 6.07 Å². The second-order valence-electron chi connectivity index (χ2n) is 4.87. The molecule has 0 saturated carbocycles. The summed E-state index contributed by atoms with van der Waals surface area (Å²) >= 11 is 8.65. The molecular formula is C16H12ClN3O3S2. The predicted octanol–water partition coefficient (Wildman–Crippen LogP) is 3.89. The number of aromatic nitrogens is 2. The van der Waals surface area contributed by atoms with Gasteiger partial charge in [-0.1, -0.05) is 41.1 Å². The molecule has 3 aromatic rings. The van der Waals surface area contributed by atoms with E-state index in [4.69, 9.17) is 11.6 Å². The van der Waals surface area contributed by atoms with Crippen LogP contribution in [0, 0.1) is 0 Å². The van der Waals surface area contributed by atoms with E-state index in [-0.39, 0.29) is 12.3 Å². The van der Waals surface area contributed by atoms with E-state index < -0.39 is 5.97 Å². The number of carbonyl (C=O) groups is 2. The number of benzene rings is 1. The number of thiazole rings is 2. The highest BCUT2D eigenvalue weighted by Crippen LogP contribution is 2.30. The molecule has 3 rings (SSSR count). The van der Waals surface area contributed by atoms with Gasteiger partial charge in [0.2, 0.25) is 5.91 Å². The lowest BCUT2D eigenvalue weighted by Gasteiger charge is -2.00. The van der Waals surface area contributed by atoms with Gasteiger partial charge in [-0.15, -0.1) is 11.3 Å². The van der Waals surface area contributed by atoms with Crippen molar-refractivity contribution in [2.75, 3.05) is 12.4 Å². The van der Waals surface area contributed by atoms with Crippen LogP contribution >= 0.6 is 34.3 Å². The molecule has 1 aromatic carbocycles. The van der Waals surface area contributed by atoms with Gasteiger partial charge in [-0.3, -0.25) is 4.79 Å². The van der Waals surface area contributed by atoms with Crippen LogP contribution in [0.1, 0.15) is 15.4 Å². The van der Waals surface area contributed by atoms with Crippen LogP contribution in [0.4, 0.5) is 5.13 Å². The number of halogens is 1. The summed E-state index contributed by atoms with van der Waals surface area (Å²) in [5.41, 5.74) is 1.48. The van der Waals surface area contributed by atoms with E-state index >= 15 is 0 Å². The Labute approximate surface area is 156 Å². The number of hydrogen-bond acceptors (Lipinski definition) is 7. The highest BCUT2D eigenvalue weighted by molar-refractivity contribution is 7.17. The zero-order valence-electron chi connectivity index (χ0n) is 13.0. The van der Waals surface area contributed by atoms with Crippen LogP contribution in [0.25, 0.3) is 10.6 Å². The molecule has 1 amide bonds. The smallest absolute Gasteiger partial charge is 0.349 e. The zero-order valence-corrected chi connectivity index (χ0v) is 15.4. The molecule has 0 spiro atoms. The van der Waals surface area contributed by atoms with Crippen molar-refractivity contribution >= 4 is 51.3 Å². The van der Waals surface area contributed by atoms with Crippen molar-refractivity contribution in [1.29, 1.82) is 0 Å². The molecule has 0 unspecified atom stereocenters. The Morgan fingerprint density at radius 2 is 2.12 bits per heavy atom. The average Bonchev–Trinajstić information content (AvgIpc) is 3.24. The number of nitrogens with one attached hydrogen (secondary N) is 1. The molecule has 2 heterocycles. The molecule has 9 heteroatoms. The molecule has 1 N–H and O–H groups in total. The van der Waals surface area contributed by atoms with Crippen LogP contribution in [0.15, 0.2) is 35.8 Å². The molecule has 6 nitrogen and oxygen atoms in total. The fourth-order valence-corrected chi connectivity index (χ4v) is 3.89. The van der Waals surface area contributed by atoms with Crippen LogP contribution in [-0.4, -0.2) is 29.0 Å². The molecule has 0 saturated heterocycles. The van der Waals surface area contributed by atoms with Crippen molar-refractivity contribution in [1.82, 2.24) is 9.97 Å². The summed E-state index contributed by atoms with van der Waals surface area (Å²) < 4.78 is 4.60. The maximum absolute atomic E-state index is 12.1. The first kappa shape index (κ1) is 17.5. The van der Waals surface area contributed by atoms with Crippen molar-refractivity contribution in [3.63, 3.8) is 0 Å². The van der Waals surface area contributed by atoms with Crippen LogP contribution < -0.4 is 5.32 Å². The van der Waals surface area contributed by atoms with E-state index in [9.17, 15) is 9.59 Å². The highest BCUT2D eigenvalue weighted by atomic mass is 35.5. The number of ether oxygens (including phenoxy) is 1. The van der Waals surface area contributed by atoms with Gasteiger partial charge in [0.1, 0.15) is 9.88 Å². The Hall–Kier alpha value is -2.29. The molecule has 25 heavy (non-hydrogen) atoms. The number of hydrogen-bond donors (Lipinski definition) is 1. The Morgan fingerprint density at radius 3 is 2.88 bits per heavy atom. The van der Waals surface area contributed by atoms with Gasteiger partial charge in [0, 0.05) is 10.9 Å². The summed E-state index contributed by atoms with van der Waals surface area (Å²) in [7, 11) is 1.29. The van der Waals surface area contributed by atoms with Crippen molar-refractivity contribution in [2.24, 2.45) is 0 Å². The lowest BCUT2D eigenvalue weighted by Crippen LogP contribution is -2.14. The second kappa shape index (κ2) is 7.73. The molecule has 0 aliphatic carbocycles. The average molecular weight is 394 g/mol.